The second-order valence-corrected chi connectivity index (χ2v) is 6.95. The number of anilines is 2. The van der Waals surface area contributed by atoms with Crippen molar-refractivity contribution in [3.63, 3.8) is 0 Å². The predicted octanol–water partition coefficient (Wildman–Crippen LogP) is 6.08. The lowest BCUT2D eigenvalue weighted by Gasteiger charge is -2.27. The summed E-state index contributed by atoms with van der Waals surface area (Å²) in [7, 11) is 1.61. The van der Waals surface area contributed by atoms with E-state index < -0.39 is 12.3 Å². The van der Waals surface area contributed by atoms with Crippen molar-refractivity contribution in [2.75, 3.05) is 17.1 Å². The fraction of sp³-hybridized carbons (Fsp3) is 0.0952. The van der Waals surface area contributed by atoms with E-state index in [9.17, 15) is 4.79 Å². The molecule has 0 bridgehead atoms. The van der Waals surface area contributed by atoms with E-state index in [-0.39, 0.29) is 0 Å². The lowest BCUT2D eigenvalue weighted by atomic mass is 10.1. The number of halogens is 2. The van der Waals surface area contributed by atoms with Crippen molar-refractivity contribution < 1.29 is 14.4 Å². The maximum absolute atomic E-state index is 12.8. The molecule has 1 aliphatic rings. The van der Waals surface area contributed by atoms with Gasteiger partial charge in [0.1, 0.15) is 5.75 Å². The number of nitrogens with zero attached hydrogens (tertiary/aromatic N) is 2. The molecule has 7 heteroatoms. The molecule has 1 amide bonds. The number of hydrogen-bond donors (Lipinski definition) is 0. The number of methoxy groups -OCH3 is 1. The van der Waals surface area contributed by atoms with Crippen LogP contribution < -0.4 is 14.7 Å². The number of ether oxygens (including phenoxy) is 1. The van der Waals surface area contributed by atoms with Crippen molar-refractivity contribution >= 4 is 40.7 Å². The summed E-state index contributed by atoms with van der Waals surface area (Å²) in [6.45, 7) is 0. The van der Waals surface area contributed by atoms with Gasteiger partial charge in [0.25, 0.3) is 0 Å². The topological polar surface area (TPSA) is 42.0 Å². The summed E-state index contributed by atoms with van der Waals surface area (Å²) >= 11 is 12.2. The van der Waals surface area contributed by atoms with Gasteiger partial charge in [-0.2, -0.15) is 5.06 Å². The monoisotopic (exact) mass is 414 g/mol. The van der Waals surface area contributed by atoms with Gasteiger partial charge in [-0.3, -0.25) is 0 Å². The van der Waals surface area contributed by atoms with Gasteiger partial charge in [0, 0.05) is 0 Å². The van der Waals surface area contributed by atoms with E-state index in [2.05, 4.69) is 0 Å². The molecule has 0 aliphatic carbocycles. The van der Waals surface area contributed by atoms with Gasteiger partial charge in [0.2, 0.25) is 0 Å². The van der Waals surface area contributed by atoms with E-state index >= 15 is 0 Å². The van der Waals surface area contributed by atoms with Crippen LogP contribution in [0, 0.1) is 0 Å². The van der Waals surface area contributed by atoms with Crippen molar-refractivity contribution in [3.8, 4) is 5.75 Å². The zero-order chi connectivity index (χ0) is 19.7. The van der Waals surface area contributed by atoms with Crippen LogP contribution in [0.5, 0.6) is 5.75 Å². The molecule has 1 saturated heterocycles. The maximum atomic E-state index is 12.8. The highest BCUT2D eigenvalue weighted by molar-refractivity contribution is 6.42. The Bertz CT molecular complexity index is 996. The van der Waals surface area contributed by atoms with Crippen LogP contribution in [0.25, 0.3) is 0 Å². The highest BCUT2D eigenvalue weighted by Gasteiger charge is 2.43. The molecule has 0 radical (unpaired) electrons. The molecule has 4 rings (SSSR count). The fourth-order valence-electron chi connectivity index (χ4n) is 3.09. The first kappa shape index (κ1) is 18.5. The first-order valence-electron chi connectivity index (χ1n) is 8.53. The Kier molecular flexibility index (Phi) is 5.03. The van der Waals surface area contributed by atoms with Gasteiger partial charge in [-0.1, -0.05) is 53.5 Å². The zero-order valence-corrected chi connectivity index (χ0v) is 16.4. The summed E-state index contributed by atoms with van der Waals surface area (Å²) in [5.41, 5.74) is 2.18. The van der Waals surface area contributed by atoms with Crippen molar-refractivity contribution in [2.24, 2.45) is 0 Å². The first-order valence-corrected chi connectivity index (χ1v) is 9.28. The molecule has 0 N–H and O–H groups in total. The van der Waals surface area contributed by atoms with E-state index in [0.29, 0.717) is 15.7 Å². The Morgan fingerprint density at radius 3 is 2.25 bits per heavy atom. The highest BCUT2D eigenvalue weighted by atomic mass is 35.5. The summed E-state index contributed by atoms with van der Waals surface area (Å²) in [5, 5.41) is 2.35. The number of carbonyl (C=O) groups excluding carboxylic acids is 1. The van der Waals surface area contributed by atoms with Crippen molar-refractivity contribution in [3.05, 3.63) is 88.4 Å². The smallest absolute Gasteiger partial charge is 0.440 e. The molecule has 5 nitrogen and oxygen atoms in total. The summed E-state index contributed by atoms with van der Waals surface area (Å²) in [6, 6.07) is 21.9. The van der Waals surface area contributed by atoms with Crippen molar-refractivity contribution in [2.45, 2.75) is 6.17 Å². The van der Waals surface area contributed by atoms with Gasteiger partial charge < -0.3 is 9.57 Å². The normalized spacial score (nSPS) is 16.2. The van der Waals surface area contributed by atoms with Gasteiger partial charge in [-0.25, -0.2) is 9.69 Å². The van der Waals surface area contributed by atoms with E-state index in [1.165, 1.54) is 4.90 Å². The van der Waals surface area contributed by atoms with Gasteiger partial charge in [0.15, 0.2) is 6.17 Å². The first-order chi connectivity index (χ1) is 13.6. The quantitative estimate of drug-likeness (QED) is 0.518. The Hall–Kier alpha value is -2.89. The summed E-state index contributed by atoms with van der Waals surface area (Å²) in [6.07, 6.45) is -1.04. The second kappa shape index (κ2) is 7.62. The fourth-order valence-corrected chi connectivity index (χ4v) is 3.39. The molecule has 1 fully saturated rings. The van der Waals surface area contributed by atoms with Crippen LogP contribution >= 0.6 is 23.2 Å². The Morgan fingerprint density at radius 1 is 0.893 bits per heavy atom. The SMILES string of the molecule is COc1ccc(C2N(c3ccccc3)OC(=O)N2c2ccc(Cl)c(Cl)c2)cc1. The highest BCUT2D eigenvalue weighted by Crippen LogP contribution is 2.41. The third-order valence-electron chi connectivity index (χ3n) is 4.45. The van der Waals surface area contributed by atoms with Crippen LogP contribution in [0.15, 0.2) is 72.8 Å². The molecule has 142 valence electrons. The third kappa shape index (κ3) is 3.35. The average molecular weight is 415 g/mol. The number of carbonyl (C=O) groups is 1. The van der Waals surface area contributed by atoms with Crippen molar-refractivity contribution in [1.82, 2.24) is 0 Å². The van der Waals surface area contributed by atoms with E-state index in [1.54, 1.807) is 30.4 Å². The Balaban J connectivity index is 1.82. The largest absolute Gasteiger partial charge is 0.497 e. The average Bonchev–Trinajstić information content (AvgIpc) is 3.08. The van der Waals surface area contributed by atoms with Gasteiger partial charge in [-0.05, 0) is 48.0 Å². The molecule has 1 atom stereocenters. The van der Waals surface area contributed by atoms with Crippen LogP contribution in [-0.2, 0) is 4.84 Å². The van der Waals surface area contributed by atoms with E-state index in [4.69, 9.17) is 32.8 Å². The number of hydroxylamine groups is 1. The number of hydrogen-bond acceptors (Lipinski definition) is 4. The third-order valence-corrected chi connectivity index (χ3v) is 5.18. The molecular weight excluding hydrogens is 399 g/mol. The minimum Gasteiger partial charge on any atom is -0.497 e. The van der Waals surface area contributed by atoms with Crippen LogP contribution in [-0.4, -0.2) is 13.2 Å². The zero-order valence-electron chi connectivity index (χ0n) is 14.9. The van der Waals surface area contributed by atoms with E-state index in [0.717, 1.165) is 17.0 Å². The number of rotatable bonds is 4. The molecule has 0 aromatic heterocycles. The minimum absolute atomic E-state index is 0.360. The molecule has 1 aliphatic heterocycles. The summed E-state index contributed by atoms with van der Waals surface area (Å²) in [4.78, 5) is 20.0. The van der Waals surface area contributed by atoms with Gasteiger partial charge >= 0.3 is 6.09 Å². The van der Waals surface area contributed by atoms with Crippen LogP contribution in [0.3, 0.4) is 0 Å². The maximum Gasteiger partial charge on any atom is 0.440 e. The standard InChI is InChI=1S/C21H16Cl2N2O3/c1-27-17-10-7-14(8-11-17)20-24(16-9-12-18(22)19(23)13-16)21(26)28-25(20)15-5-3-2-4-6-15/h2-13,20H,1H3. The lowest BCUT2D eigenvalue weighted by Crippen LogP contribution is -2.31. The van der Waals surface area contributed by atoms with Crippen LogP contribution in [0.4, 0.5) is 16.2 Å². The Labute approximate surface area is 172 Å². The lowest BCUT2D eigenvalue weighted by molar-refractivity contribution is 0.164. The molecule has 28 heavy (non-hydrogen) atoms. The minimum atomic E-state index is -0.530. The molecule has 0 spiro atoms. The van der Waals surface area contributed by atoms with E-state index in [1.807, 2.05) is 54.6 Å². The molecular formula is C21H16Cl2N2O3. The van der Waals surface area contributed by atoms with Crippen LogP contribution in [0.2, 0.25) is 10.0 Å². The number of amides is 1. The summed E-state index contributed by atoms with van der Waals surface area (Å²) in [5.74, 6) is 0.723. The Morgan fingerprint density at radius 2 is 1.61 bits per heavy atom. The molecule has 0 saturated carbocycles. The molecule has 1 unspecified atom stereocenters. The predicted molar refractivity (Wildman–Crippen MR) is 110 cm³/mol. The van der Waals surface area contributed by atoms with Crippen LogP contribution in [0.1, 0.15) is 11.7 Å². The summed E-state index contributed by atoms with van der Waals surface area (Å²) < 4.78 is 5.25. The number of para-hydroxylation sites is 1. The molecule has 1 heterocycles. The molecule has 3 aromatic carbocycles. The van der Waals surface area contributed by atoms with Gasteiger partial charge in [0.05, 0.1) is 28.5 Å². The molecule has 3 aromatic rings. The second-order valence-electron chi connectivity index (χ2n) is 6.13. The van der Waals surface area contributed by atoms with Gasteiger partial charge in [-0.15, -0.1) is 0 Å². The number of benzene rings is 3. The van der Waals surface area contributed by atoms with Crippen molar-refractivity contribution in [1.29, 1.82) is 0 Å².